The number of rotatable bonds is 29. The Morgan fingerprint density at radius 1 is 0.614 bits per heavy atom. The van der Waals surface area contributed by atoms with E-state index in [1.807, 2.05) is 0 Å². The van der Waals surface area contributed by atoms with Crippen molar-refractivity contribution in [3.63, 3.8) is 0 Å². The second-order valence-corrected chi connectivity index (χ2v) is 16.9. The van der Waals surface area contributed by atoms with Crippen LogP contribution in [0.4, 0.5) is 0 Å². The first kappa shape index (κ1) is 57.2. The highest BCUT2D eigenvalue weighted by atomic mass is 35.5. The van der Waals surface area contributed by atoms with Gasteiger partial charge in [-0.25, -0.2) is 0 Å². The third-order valence-corrected chi connectivity index (χ3v) is 10.8. The van der Waals surface area contributed by atoms with Crippen LogP contribution in [0.5, 0.6) is 11.5 Å². The monoisotopic (exact) mass is 994 g/mol. The van der Waals surface area contributed by atoms with Crippen molar-refractivity contribution >= 4 is 65.1 Å². The van der Waals surface area contributed by atoms with Crippen LogP contribution in [0.15, 0.2) is 72.8 Å². The van der Waals surface area contributed by atoms with E-state index in [2.05, 4.69) is 47.9 Å². The summed E-state index contributed by atoms with van der Waals surface area (Å²) in [5.41, 5.74) is 7.96. The standard InChI is InChI=1S/C47H63ClN10O12/c1-27(60)42(47(70)53-24-40(64)54-33(26-59)20-29-9-15-34(62)16-10-29)58-45(68)37(6-4-5-19-50-3)55-41(65)25-52-44(67)38(22-31-11-17-35(63)18-12-31)56-46(69)39(23-51-28(2)61)57-43(66)36(49)21-30-7-13-32(48)14-8-30/h7-18,26-27,33,36-39,42,50,60,62-63H,4-6,19-25,49H2,1-3H3,(H,51,61)(H,52,67)(H,53,70)(H,54,64)(H,55,65)(H,56,69)(H,57,66)(H,58,68)/t27?,33-,36+,37+,38+,39-,42?/m1/s1. The Balaban J connectivity index is 1.70. The third kappa shape index (κ3) is 21.0. The summed E-state index contributed by atoms with van der Waals surface area (Å²) in [5, 5.41) is 53.0. The van der Waals surface area contributed by atoms with Gasteiger partial charge in [0.25, 0.3) is 0 Å². The number of unbranched alkanes of at least 4 members (excludes halogenated alkanes) is 1. The lowest BCUT2D eigenvalue weighted by Crippen LogP contribution is -2.60. The first-order chi connectivity index (χ1) is 33.3. The van der Waals surface area contributed by atoms with Gasteiger partial charge >= 0.3 is 0 Å². The maximum absolute atomic E-state index is 13.8. The van der Waals surface area contributed by atoms with Gasteiger partial charge in [-0.05, 0) is 106 Å². The molecule has 0 saturated heterocycles. The summed E-state index contributed by atoms with van der Waals surface area (Å²) in [6, 6.07) is 10.5. The lowest BCUT2D eigenvalue weighted by atomic mass is 10.0. The number of nitrogens with one attached hydrogen (secondary N) is 9. The molecule has 23 heteroatoms. The number of carbonyl (C=O) groups excluding carboxylic acids is 9. The molecule has 0 aliphatic heterocycles. The van der Waals surface area contributed by atoms with Crippen LogP contribution in [0.1, 0.15) is 49.8 Å². The van der Waals surface area contributed by atoms with Gasteiger partial charge in [0, 0.05) is 24.9 Å². The fraction of sp³-hybridized carbons (Fsp3) is 0.426. The fourth-order valence-electron chi connectivity index (χ4n) is 6.72. The van der Waals surface area contributed by atoms with Crippen molar-refractivity contribution in [3.05, 3.63) is 94.5 Å². The zero-order valence-corrected chi connectivity index (χ0v) is 39.8. The van der Waals surface area contributed by atoms with E-state index in [0.717, 1.165) is 0 Å². The number of halogens is 1. The summed E-state index contributed by atoms with van der Waals surface area (Å²) in [5.74, 6) is -6.49. The fourth-order valence-corrected chi connectivity index (χ4v) is 6.84. The number of hydrogen-bond donors (Lipinski definition) is 13. The topological polar surface area (TPSA) is 349 Å². The Labute approximate surface area is 410 Å². The lowest BCUT2D eigenvalue weighted by Gasteiger charge is -2.25. The number of hydrogen-bond acceptors (Lipinski definition) is 14. The van der Waals surface area contributed by atoms with Gasteiger partial charge in [0.1, 0.15) is 42.0 Å². The Hall–Kier alpha value is -7.14. The predicted octanol–water partition coefficient (Wildman–Crippen LogP) is -2.13. The van der Waals surface area contributed by atoms with E-state index < -0.39 is 103 Å². The molecule has 0 spiro atoms. The largest absolute Gasteiger partial charge is 0.508 e. The molecule has 22 nitrogen and oxygen atoms in total. The normalized spacial score (nSPS) is 13.9. The van der Waals surface area contributed by atoms with Gasteiger partial charge < -0.3 is 73.7 Å². The average Bonchev–Trinajstić information content (AvgIpc) is 3.32. The smallest absolute Gasteiger partial charge is 0.245 e. The Kier molecular flexibility index (Phi) is 24.2. The van der Waals surface area contributed by atoms with Crippen molar-refractivity contribution in [2.75, 3.05) is 33.2 Å². The predicted molar refractivity (Wildman–Crippen MR) is 257 cm³/mol. The number of phenolic OH excluding ortho intramolecular Hbond substituents is 2. The Bertz CT molecular complexity index is 2230. The number of nitrogens with two attached hydrogens (primary N) is 1. The molecule has 8 amide bonds. The number of aliphatic hydroxyl groups is 1. The second-order valence-electron chi connectivity index (χ2n) is 16.4. The molecule has 0 fully saturated rings. The van der Waals surface area contributed by atoms with Gasteiger partial charge in [-0.1, -0.05) is 48.0 Å². The van der Waals surface area contributed by atoms with E-state index in [4.69, 9.17) is 17.3 Å². The van der Waals surface area contributed by atoms with E-state index in [-0.39, 0.29) is 43.7 Å². The first-order valence-electron chi connectivity index (χ1n) is 22.4. The number of aromatic hydroxyl groups is 2. The molecule has 3 aromatic rings. The van der Waals surface area contributed by atoms with Crippen molar-refractivity contribution in [1.82, 2.24) is 47.9 Å². The van der Waals surface area contributed by atoms with Crippen LogP contribution in [-0.4, -0.2) is 144 Å². The van der Waals surface area contributed by atoms with Crippen molar-refractivity contribution in [2.24, 2.45) is 5.73 Å². The number of aldehydes is 1. The van der Waals surface area contributed by atoms with Crippen LogP contribution in [0.2, 0.25) is 5.02 Å². The number of amides is 8. The van der Waals surface area contributed by atoms with Crippen LogP contribution < -0.4 is 53.6 Å². The molecule has 0 bridgehead atoms. The summed E-state index contributed by atoms with van der Waals surface area (Å²) < 4.78 is 0. The van der Waals surface area contributed by atoms with E-state index in [1.54, 1.807) is 43.4 Å². The van der Waals surface area contributed by atoms with Crippen molar-refractivity contribution in [3.8, 4) is 11.5 Å². The minimum atomic E-state index is -1.60. The van der Waals surface area contributed by atoms with E-state index in [0.29, 0.717) is 47.4 Å². The molecular weight excluding hydrogens is 932 g/mol. The molecule has 0 aliphatic carbocycles. The van der Waals surface area contributed by atoms with Gasteiger partial charge in [-0.3, -0.25) is 38.4 Å². The van der Waals surface area contributed by atoms with Gasteiger partial charge in [-0.2, -0.15) is 0 Å². The zero-order chi connectivity index (χ0) is 51.8. The molecule has 0 aromatic heterocycles. The summed E-state index contributed by atoms with van der Waals surface area (Å²) in [6.45, 7) is 1.27. The van der Waals surface area contributed by atoms with Crippen LogP contribution in [0.3, 0.4) is 0 Å². The summed E-state index contributed by atoms with van der Waals surface area (Å²) in [6.07, 6.45) is 0.0736. The minimum Gasteiger partial charge on any atom is -0.508 e. The number of phenols is 2. The summed E-state index contributed by atoms with van der Waals surface area (Å²) in [7, 11) is 1.73. The first-order valence-corrected chi connectivity index (χ1v) is 22.8. The van der Waals surface area contributed by atoms with E-state index in [1.165, 1.54) is 50.2 Å². The Morgan fingerprint density at radius 2 is 1.13 bits per heavy atom. The lowest BCUT2D eigenvalue weighted by molar-refractivity contribution is -0.135. The maximum Gasteiger partial charge on any atom is 0.245 e. The maximum atomic E-state index is 13.8. The van der Waals surface area contributed by atoms with Crippen molar-refractivity contribution in [1.29, 1.82) is 0 Å². The minimum absolute atomic E-state index is 0.0210. The average molecular weight is 996 g/mol. The third-order valence-electron chi connectivity index (χ3n) is 10.5. The zero-order valence-electron chi connectivity index (χ0n) is 39.1. The van der Waals surface area contributed by atoms with Crippen LogP contribution in [-0.2, 0) is 62.4 Å². The van der Waals surface area contributed by atoms with Crippen LogP contribution in [0.25, 0.3) is 0 Å². The molecule has 3 rings (SSSR count). The highest BCUT2D eigenvalue weighted by molar-refractivity contribution is 6.30. The SMILES string of the molecule is CNCCCC[C@H](NC(=O)CNC(=O)[C@H](Cc1ccc(O)cc1)NC(=O)[C@@H](CNC(C)=O)NC(=O)[C@@H](N)Cc1ccc(Cl)cc1)C(=O)NC(C(=O)NCC(=O)N[C@@H](C=O)Cc1ccc(O)cc1)C(C)O. The Morgan fingerprint density at radius 3 is 1.69 bits per heavy atom. The van der Waals surface area contributed by atoms with Gasteiger partial charge in [0.2, 0.25) is 47.3 Å². The number of carbonyl (C=O) groups is 9. The molecule has 0 aliphatic rings. The molecule has 380 valence electrons. The quantitative estimate of drug-likeness (QED) is 0.0261. The second kappa shape index (κ2) is 29.7. The highest BCUT2D eigenvalue weighted by Crippen LogP contribution is 2.14. The molecule has 7 atom stereocenters. The van der Waals surface area contributed by atoms with Gasteiger partial charge in [0.15, 0.2) is 0 Å². The van der Waals surface area contributed by atoms with Gasteiger partial charge in [-0.15, -0.1) is 0 Å². The molecule has 0 radical (unpaired) electrons. The van der Waals surface area contributed by atoms with Crippen molar-refractivity contribution < 1.29 is 58.5 Å². The highest BCUT2D eigenvalue weighted by Gasteiger charge is 2.32. The van der Waals surface area contributed by atoms with Crippen molar-refractivity contribution in [2.45, 2.75) is 94.7 Å². The number of benzene rings is 3. The molecular formula is C47H63ClN10O12. The molecule has 2 unspecified atom stereocenters. The summed E-state index contributed by atoms with van der Waals surface area (Å²) >= 11 is 5.96. The number of aliphatic hydroxyl groups excluding tert-OH is 1. The van der Waals surface area contributed by atoms with Gasteiger partial charge in [0.05, 0.1) is 31.3 Å². The van der Waals surface area contributed by atoms with E-state index >= 15 is 0 Å². The molecule has 3 aromatic carbocycles. The van der Waals surface area contributed by atoms with E-state index in [9.17, 15) is 58.5 Å². The van der Waals surface area contributed by atoms with Crippen LogP contribution in [0, 0.1) is 0 Å². The van der Waals surface area contributed by atoms with Crippen LogP contribution >= 0.6 is 11.6 Å². The molecule has 70 heavy (non-hydrogen) atoms. The molecule has 14 N–H and O–H groups in total. The molecule has 0 heterocycles. The summed E-state index contributed by atoms with van der Waals surface area (Å²) in [4.78, 5) is 117. The molecule has 0 saturated carbocycles.